The van der Waals surface area contributed by atoms with E-state index in [2.05, 4.69) is 21.7 Å². The van der Waals surface area contributed by atoms with E-state index < -0.39 is 11.7 Å². The summed E-state index contributed by atoms with van der Waals surface area (Å²) in [7, 11) is 0. The normalized spacial score (nSPS) is 12.4. The first-order valence-corrected chi connectivity index (χ1v) is 12.3. The number of alkyl halides is 3. The lowest BCUT2D eigenvalue weighted by Gasteiger charge is -2.13. The van der Waals surface area contributed by atoms with Crippen LogP contribution in [0.2, 0.25) is 0 Å². The molecule has 0 aliphatic carbocycles. The molecule has 0 radical (unpaired) electrons. The van der Waals surface area contributed by atoms with Gasteiger partial charge in [0.2, 0.25) is 0 Å². The molecule has 4 N–H and O–H groups in total. The minimum atomic E-state index is -4.49. The summed E-state index contributed by atoms with van der Waals surface area (Å²) >= 11 is 0. The fourth-order valence-corrected chi connectivity index (χ4v) is 4.67. The van der Waals surface area contributed by atoms with Gasteiger partial charge in [0, 0.05) is 23.9 Å². The Morgan fingerprint density at radius 1 is 1.03 bits per heavy atom. The molecule has 8 nitrogen and oxygen atoms in total. The summed E-state index contributed by atoms with van der Waals surface area (Å²) in [6.45, 7) is 6.66. The number of nitrogens with zero attached hydrogens (tertiary/aromatic N) is 6. The number of hydrogen-bond acceptors (Lipinski definition) is 5. The van der Waals surface area contributed by atoms with Gasteiger partial charge in [0.25, 0.3) is 0 Å². The molecule has 200 valence electrons. The van der Waals surface area contributed by atoms with Crippen molar-refractivity contribution in [3.8, 4) is 16.8 Å². The van der Waals surface area contributed by atoms with E-state index in [1.165, 1.54) is 4.68 Å². The van der Waals surface area contributed by atoms with Gasteiger partial charge in [0.15, 0.2) is 11.5 Å². The molecule has 5 aromatic rings. The van der Waals surface area contributed by atoms with Gasteiger partial charge in [-0.25, -0.2) is 14.6 Å². The number of halogens is 3. The average molecular weight is 533 g/mol. The Balaban J connectivity index is 1.52. The smallest absolute Gasteiger partial charge is 0.382 e. The number of amidine groups is 1. The maximum Gasteiger partial charge on any atom is 0.419 e. The zero-order valence-corrected chi connectivity index (χ0v) is 21.7. The molecular formula is C28H27F3N8. The Morgan fingerprint density at radius 3 is 2.41 bits per heavy atom. The predicted molar refractivity (Wildman–Crippen MR) is 144 cm³/mol. The molecular weight excluding hydrogens is 505 g/mol. The molecule has 3 heterocycles. The first-order valence-electron chi connectivity index (χ1n) is 12.3. The van der Waals surface area contributed by atoms with Crippen molar-refractivity contribution >= 4 is 17.0 Å². The SMILES string of the molecule is CCc1nc2c(C)cc(C)nc2n1Cc1ccc(-c2cc(-n3cc(C(F)(F)F)cn3)ccc2/C(N)=N/N)cc1. The van der Waals surface area contributed by atoms with Crippen molar-refractivity contribution in [1.82, 2.24) is 24.3 Å². The lowest BCUT2D eigenvalue weighted by atomic mass is 9.97. The Labute approximate surface area is 222 Å². The fraction of sp³-hybridized carbons (Fsp3) is 0.214. The van der Waals surface area contributed by atoms with Crippen LogP contribution < -0.4 is 11.6 Å². The third-order valence-electron chi connectivity index (χ3n) is 6.62. The van der Waals surface area contributed by atoms with Crippen LogP contribution in [0.4, 0.5) is 13.2 Å². The van der Waals surface area contributed by atoms with Gasteiger partial charge in [-0.2, -0.15) is 23.4 Å². The Hall–Kier alpha value is -4.67. The predicted octanol–water partition coefficient (Wildman–Crippen LogP) is 5.11. The van der Waals surface area contributed by atoms with Crippen molar-refractivity contribution in [2.75, 3.05) is 0 Å². The average Bonchev–Trinajstić information content (AvgIpc) is 3.54. The minimum absolute atomic E-state index is 0.103. The molecule has 0 fully saturated rings. The summed E-state index contributed by atoms with van der Waals surface area (Å²) in [4.78, 5) is 9.56. The summed E-state index contributed by atoms with van der Waals surface area (Å²) in [6, 6.07) is 14.9. The summed E-state index contributed by atoms with van der Waals surface area (Å²) in [5.74, 6) is 6.51. The Bertz CT molecular complexity index is 1690. The van der Waals surface area contributed by atoms with Crippen LogP contribution in [0.3, 0.4) is 0 Å². The maximum atomic E-state index is 13.1. The molecule has 2 aromatic carbocycles. The van der Waals surface area contributed by atoms with Gasteiger partial charge in [-0.1, -0.05) is 31.2 Å². The van der Waals surface area contributed by atoms with Crippen molar-refractivity contribution in [2.24, 2.45) is 16.7 Å². The zero-order chi connectivity index (χ0) is 27.9. The molecule has 0 saturated carbocycles. The van der Waals surface area contributed by atoms with Crippen LogP contribution in [0.5, 0.6) is 0 Å². The maximum absolute atomic E-state index is 13.1. The van der Waals surface area contributed by atoms with Crippen LogP contribution in [-0.2, 0) is 19.1 Å². The van der Waals surface area contributed by atoms with Crippen molar-refractivity contribution in [2.45, 2.75) is 39.9 Å². The highest BCUT2D eigenvalue weighted by atomic mass is 19.4. The van der Waals surface area contributed by atoms with Crippen LogP contribution in [-0.4, -0.2) is 30.2 Å². The van der Waals surface area contributed by atoms with Crippen LogP contribution >= 0.6 is 0 Å². The molecule has 39 heavy (non-hydrogen) atoms. The number of hydrazone groups is 1. The second-order valence-electron chi connectivity index (χ2n) is 9.33. The molecule has 11 heteroatoms. The number of fused-ring (bicyclic) bond motifs is 1. The molecule has 0 aliphatic rings. The van der Waals surface area contributed by atoms with Crippen LogP contribution in [0.1, 0.15) is 40.7 Å². The summed E-state index contributed by atoms with van der Waals surface area (Å²) in [5.41, 5.74) is 12.5. The standard InChI is InChI=1S/C28H27F3N8/c1-4-24-36-25-16(2)11-17(3)35-27(25)38(24)14-18-5-7-19(8-6-18)23-12-21(9-10-22(23)26(32)37-33)39-15-20(13-34-39)28(29,30)31/h5-13,15H,4,14,33H2,1-3H3,(H2,32,37). The molecule has 3 aromatic heterocycles. The molecule has 0 amide bonds. The van der Waals surface area contributed by atoms with E-state index in [4.69, 9.17) is 21.5 Å². The van der Waals surface area contributed by atoms with E-state index in [1.54, 1.807) is 18.2 Å². The highest BCUT2D eigenvalue weighted by Crippen LogP contribution is 2.31. The van der Waals surface area contributed by atoms with Crippen LogP contribution in [0, 0.1) is 13.8 Å². The number of aromatic nitrogens is 5. The first kappa shape index (κ1) is 26.0. The third kappa shape index (κ3) is 4.95. The molecule has 0 saturated heterocycles. The largest absolute Gasteiger partial charge is 0.419 e. The van der Waals surface area contributed by atoms with Gasteiger partial charge in [0.05, 0.1) is 24.0 Å². The van der Waals surface area contributed by atoms with Gasteiger partial charge in [-0.3, -0.25) is 0 Å². The van der Waals surface area contributed by atoms with Gasteiger partial charge < -0.3 is 16.1 Å². The van der Waals surface area contributed by atoms with E-state index in [1.807, 2.05) is 44.2 Å². The van der Waals surface area contributed by atoms with E-state index in [9.17, 15) is 13.2 Å². The third-order valence-corrected chi connectivity index (χ3v) is 6.62. The summed E-state index contributed by atoms with van der Waals surface area (Å²) in [6.07, 6.45) is -1.98. The second kappa shape index (κ2) is 9.90. The molecule has 0 unspecified atom stereocenters. The zero-order valence-electron chi connectivity index (χ0n) is 21.7. The van der Waals surface area contributed by atoms with Crippen molar-refractivity contribution in [1.29, 1.82) is 0 Å². The summed E-state index contributed by atoms with van der Waals surface area (Å²) in [5, 5.41) is 7.51. The quantitative estimate of drug-likeness (QED) is 0.137. The van der Waals surface area contributed by atoms with Gasteiger partial charge in [-0.05, 0) is 60.4 Å². The number of aryl methyl sites for hydroxylation is 3. The highest BCUT2D eigenvalue weighted by Gasteiger charge is 2.32. The van der Waals surface area contributed by atoms with E-state index in [0.717, 1.165) is 58.2 Å². The van der Waals surface area contributed by atoms with E-state index in [0.29, 0.717) is 23.4 Å². The van der Waals surface area contributed by atoms with Gasteiger partial charge in [0.1, 0.15) is 11.3 Å². The van der Waals surface area contributed by atoms with E-state index >= 15 is 0 Å². The molecule has 0 aliphatic heterocycles. The Morgan fingerprint density at radius 2 is 1.77 bits per heavy atom. The number of benzene rings is 2. The number of imidazole rings is 1. The topological polar surface area (TPSA) is 113 Å². The highest BCUT2D eigenvalue weighted by molar-refractivity contribution is 6.03. The minimum Gasteiger partial charge on any atom is -0.382 e. The molecule has 0 spiro atoms. The molecule has 0 atom stereocenters. The number of nitrogens with two attached hydrogens (primary N) is 2. The van der Waals surface area contributed by atoms with Gasteiger partial charge >= 0.3 is 6.18 Å². The van der Waals surface area contributed by atoms with Crippen LogP contribution in [0.15, 0.2) is 66.0 Å². The Kier molecular flexibility index (Phi) is 6.59. The lowest BCUT2D eigenvalue weighted by molar-refractivity contribution is -0.137. The second-order valence-corrected chi connectivity index (χ2v) is 9.33. The summed E-state index contributed by atoms with van der Waals surface area (Å²) < 4.78 is 42.6. The van der Waals surface area contributed by atoms with Crippen molar-refractivity contribution < 1.29 is 13.2 Å². The van der Waals surface area contributed by atoms with E-state index in [-0.39, 0.29) is 5.84 Å². The number of pyridine rings is 1. The lowest BCUT2D eigenvalue weighted by Crippen LogP contribution is -2.17. The monoisotopic (exact) mass is 532 g/mol. The number of rotatable bonds is 6. The molecule has 0 bridgehead atoms. The molecule has 5 rings (SSSR count). The van der Waals surface area contributed by atoms with Gasteiger partial charge in [-0.15, -0.1) is 0 Å². The van der Waals surface area contributed by atoms with Crippen LogP contribution in [0.25, 0.3) is 28.0 Å². The first-order chi connectivity index (χ1) is 18.6. The fourth-order valence-electron chi connectivity index (χ4n) is 4.67. The van der Waals surface area contributed by atoms with Crippen molar-refractivity contribution in [3.05, 3.63) is 94.7 Å². The van der Waals surface area contributed by atoms with Crippen molar-refractivity contribution in [3.63, 3.8) is 0 Å². The number of hydrogen-bond donors (Lipinski definition) is 2.